The molecule has 0 aliphatic heterocycles. The van der Waals surface area contributed by atoms with Gasteiger partial charge in [0, 0.05) is 23.5 Å². The predicted molar refractivity (Wildman–Crippen MR) is 109 cm³/mol. The van der Waals surface area contributed by atoms with E-state index in [1.54, 1.807) is 6.07 Å². The highest BCUT2D eigenvalue weighted by Gasteiger charge is 2.22. The summed E-state index contributed by atoms with van der Waals surface area (Å²) in [6.07, 6.45) is 2.54. The molecule has 4 N–H and O–H groups in total. The first-order valence-corrected chi connectivity index (χ1v) is 8.16. The van der Waals surface area contributed by atoms with Gasteiger partial charge in [-0.05, 0) is 36.6 Å². The van der Waals surface area contributed by atoms with Crippen LogP contribution in [-0.4, -0.2) is 11.9 Å². The molecule has 1 unspecified atom stereocenters. The molecule has 0 saturated heterocycles. The van der Waals surface area contributed by atoms with Gasteiger partial charge in [-0.3, -0.25) is 4.79 Å². The van der Waals surface area contributed by atoms with E-state index < -0.39 is 0 Å². The molecular weight excluding hydrogens is 381 g/mol. The van der Waals surface area contributed by atoms with Gasteiger partial charge in [0.15, 0.2) is 0 Å². The van der Waals surface area contributed by atoms with E-state index in [4.69, 9.17) is 17.3 Å². The van der Waals surface area contributed by atoms with Crippen LogP contribution in [0, 0.1) is 0 Å². The van der Waals surface area contributed by atoms with Gasteiger partial charge in [-0.25, -0.2) is 0 Å². The summed E-state index contributed by atoms with van der Waals surface area (Å²) < 4.78 is 0. The lowest BCUT2D eigenvalue weighted by Gasteiger charge is -2.15. The molecule has 1 fully saturated rings. The van der Waals surface area contributed by atoms with Crippen LogP contribution in [-0.2, 0) is 4.79 Å². The minimum atomic E-state index is -0.324. The zero-order valence-electron chi connectivity index (χ0n) is 13.6. The highest BCUT2D eigenvalue weighted by atomic mass is 35.5. The van der Waals surface area contributed by atoms with Crippen LogP contribution >= 0.6 is 36.4 Å². The van der Waals surface area contributed by atoms with Gasteiger partial charge in [0.1, 0.15) is 0 Å². The fourth-order valence-corrected chi connectivity index (χ4v) is 2.58. The van der Waals surface area contributed by atoms with Crippen LogP contribution in [0.4, 0.5) is 11.4 Å². The van der Waals surface area contributed by atoms with Crippen molar-refractivity contribution < 1.29 is 4.79 Å². The van der Waals surface area contributed by atoms with Crippen LogP contribution in [0.5, 0.6) is 0 Å². The summed E-state index contributed by atoms with van der Waals surface area (Å²) in [5, 5.41) is 6.91. The van der Waals surface area contributed by atoms with Crippen LogP contribution in [0.2, 0.25) is 5.02 Å². The molecule has 0 bridgehead atoms. The number of anilines is 2. The van der Waals surface area contributed by atoms with Gasteiger partial charge < -0.3 is 16.4 Å². The number of nitrogens with one attached hydrogen (secondary N) is 2. The largest absolute Gasteiger partial charge is 0.381 e. The Balaban J connectivity index is 0.00000156. The Bertz CT molecular complexity index is 693. The smallest absolute Gasteiger partial charge is 0.226 e. The Morgan fingerprint density at radius 3 is 2.44 bits per heavy atom. The number of hydrogen-bond acceptors (Lipinski definition) is 3. The Morgan fingerprint density at radius 2 is 1.80 bits per heavy atom. The second-order valence-electron chi connectivity index (χ2n) is 5.88. The normalized spacial score (nSPS) is 13.8. The molecule has 1 amide bonds. The summed E-state index contributed by atoms with van der Waals surface area (Å²) in [6.45, 7) is 0. The van der Waals surface area contributed by atoms with Gasteiger partial charge in [-0.2, -0.15) is 0 Å². The Hall–Kier alpha value is -1.46. The van der Waals surface area contributed by atoms with Gasteiger partial charge in [-0.1, -0.05) is 41.9 Å². The minimum absolute atomic E-state index is 0. The SMILES string of the molecule is Cl.Cl.NC(CC(=O)Nc1cc(Cl)ccc1NC1CC1)c1ccccc1. The first kappa shape index (κ1) is 21.6. The van der Waals surface area contributed by atoms with Gasteiger partial charge in [0.05, 0.1) is 11.4 Å². The zero-order valence-corrected chi connectivity index (χ0v) is 16.0. The topological polar surface area (TPSA) is 67.2 Å². The average Bonchev–Trinajstić information content (AvgIpc) is 3.35. The molecule has 0 heterocycles. The van der Waals surface area contributed by atoms with Gasteiger partial charge >= 0.3 is 0 Å². The van der Waals surface area contributed by atoms with E-state index in [1.165, 1.54) is 0 Å². The maximum Gasteiger partial charge on any atom is 0.226 e. The Labute approximate surface area is 165 Å². The van der Waals surface area contributed by atoms with Crippen molar-refractivity contribution in [2.45, 2.75) is 31.3 Å². The highest BCUT2D eigenvalue weighted by Crippen LogP contribution is 2.31. The summed E-state index contributed by atoms with van der Waals surface area (Å²) in [4.78, 5) is 12.3. The van der Waals surface area contributed by atoms with E-state index in [2.05, 4.69) is 10.6 Å². The van der Waals surface area contributed by atoms with Gasteiger partial charge in [0.2, 0.25) is 5.91 Å². The van der Waals surface area contributed by atoms with E-state index in [0.717, 1.165) is 24.1 Å². The quantitative estimate of drug-likeness (QED) is 0.651. The molecule has 0 radical (unpaired) electrons. The second kappa shape index (κ2) is 9.88. The molecule has 2 aromatic rings. The van der Waals surface area contributed by atoms with Crippen molar-refractivity contribution in [3.63, 3.8) is 0 Å². The monoisotopic (exact) mass is 401 g/mol. The number of amides is 1. The first-order valence-electron chi connectivity index (χ1n) is 7.78. The van der Waals surface area contributed by atoms with Crippen molar-refractivity contribution >= 4 is 53.7 Å². The molecule has 0 aromatic heterocycles. The van der Waals surface area contributed by atoms with E-state index in [-0.39, 0.29) is 43.2 Å². The van der Waals surface area contributed by atoms with E-state index in [9.17, 15) is 4.79 Å². The van der Waals surface area contributed by atoms with Crippen molar-refractivity contribution in [3.05, 3.63) is 59.1 Å². The Morgan fingerprint density at radius 1 is 1.12 bits per heavy atom. The fourth-order valence-electron chi connectivity index (χ4n) is 2.41. The summed E-state index contributed by atoms with van der Waals surface area (Å²) >= 11 is 6.05. The fraction of sp³-hybridized carbons (Fsp3) is 0.278. The molecule has 7 heteroatoms. The number of carbonyl (C=O) groups is 1. The van der Waals surface area contributed by atoms with Crippen molar-refractivity contribution in [1.29, 1.82) is 0 Å². The number of hydrogen-bond donors (Lipinski definition) is 3. The van der Waals surface area contributed by atoms with E-state index >= 15 is 0 Å². The molecule has 1 aliphatic rings. The third-order valence-electron chi connectivity index (χ3n) is 3.83. The molecule has 25 heavy (non-hydrogen) atoms. The van der Waals surface area contributed by atoms with Crippen molar-refractivity contribution in [3.8, 4) is 0 Å². The van der Waals surface area contributed by atoms with Crippen LogP contribution in [0.3, 0.4) is 0 Å². The van der Waals surface area contributed by atoms with Crippen LogP contribution in [0.15, 0.2) is 48.5 Å². The number of halogens is 3. The van der Waals surface area contributed by atoms with Gasteiger partial charge in [0.25, 0.3) is 0 Å². The second-order valence-corrected chi connectivity index (χ2v) is 6.31. The lowest BCUT2D eigenvalue weighted by Crippen LogP contribution is -2.21. The summed E-state index contributed by atoms with van der Waals surface area (Å²) in [5.74, 6) is -0.123. The zero-order chi connectivity index (χ0) is 16.2. The summed E-state index contributed by atoms with van der Waals surface area (Å²) in [5.41, 5.74) is 8.66. The molecule has 1 aliphatic carbocycles. The van der Waals surface area contributed by atoms with Gasteiger partial charge in [-0.15, -0.1) is 24.8 Å². The van der Waals surface area contributed by atoms with Crippen LogP contribution < -0.4 is 16.4 Å². The summed E-state index contributed by atoms with van der Waals surface area (Å²) in [7, 11) is 0. The van der Waals surface area contributed by atoms with Crippen LogP contribution in [0.1, 0.15) is 30.9 Å². The highest BCUT2D eigenvalue weighted by molar-refractivity contribution is 6.31. The maximum absolute atomic E-state index is 12.3. The minimum Gasteiger partial charge on any atom is -0.381 e. The molecular formula is C18H22Cl3N3O. The maximum atomic E-state index is 12.3. The van der Waals surface area contributed by atoms with Crippen molar-refractivity contribution in [2.24, 2.45) is 5.73 Å². The third-order valence-corrected chi connectivity index (χ3v) is 4.06. The van der Waals surface area contributed by atoms with Crippen molar-refractivity contribution in [1.82, 2.24) is 0 Å². The van der Waals surface area contributed by atoms with Crippen LogP contribution in [0.25, 0.3) is 0 Å². The number of rotatable bonds is 6. The molecule has 2 aromatic carbocycles. The molecule has 4 nitrogen and oxygen atoms in total. The molecule has 1 saturated carbocycles. The first-order chi connectivity index (χ1) is 11.1. The average molecular weight is 403 g/mol. The Kier molecular flexibility index (Phi) is 8.53. The number of nitrogens with two attached hydrogens (primary N) is 1. The van der Waals surface area contributed by atoms with Crippen molar-refractivity contribution in [2.75, 3.05) is 10.6 Å². The lowest BCUT2D eigenvalue weighted by molar-refractivity contribution is -0.116. The third kappa shape index (κ3) is 6.40. The van der Waals surface area contributed by atoms with E-state index in [0.29, 0.717) is 16.8 Å². The number of benzene rings is 2. The predicted octanol–water partition coefficient (Wildman–Crippen LogP) is 4.79. The summed E-state index contributed by atoms with van der Waals surface area (Å²) in [6, 6.07) is 15.3. The molecule has 1 atom stereocenters. The number of carbonyl (C=O) groups excluding carboxylic acids is 1. The standard InChI is InChI=1S/C18H20ClN3O.2ClH/c19-13-6-9-16(21-14-7-8-14)17(10-13)22-18(23)11-15(20)12-4-2-1-3-5-12;;/h1-6,9-10,14-15,21H,7-8,11,20H2,(H,22,23);2*1H. The van der Waals surface area contributed by atoms with E-state index in [1.807, 2.05) is 42.5 Å². The molecule has 3 rings (SSSR count). The molecule has 136 valence electrons. The lowest BCUT2D eigenvalue weighted by atomic mass is 10.0. The molecule has 0 spiro atoms.